The standard InChI is InChI=1S/Mo.4P.Zr. The molecular formula is MoP4Zr. The van der Waals surface area contributed by atoms with Gasteiger partial charge in [0.2, 0.25) is 0 Å². The summed E-state index contributed by atoms with van der Waals surface area (Å²) in [5, 5.41) is 0. The molecule has 0 saturated carbocycles. The molecule has 0 fully saturated rings. The molecule has 0 aliphatic heterocycles. The molecular weight excluding hydrogens is 311 g/mol. The second kappa shape index (κ2) is 5.11. The molecule has 0 radical (unpaired) electrons. The molecule has 0 nitrogen and oxygen atoms in total. The summed E-state index contributed by atoms with van der Waals surface area (Å²) in [6, 6.07) is 0. The van der Waals surface area contributed by atoms with Crippen LogP contribution in [-0.4, -0.2) is 0 Å². The monoisotopic (exact) mass is 312 g/mol. The van der Waals surface area contributed by atoms with Gasteiger partial charge in [0.25, 0.3) is 0 Å². The molecule has 30 valence electrons. The van der Waals surface area contributed by atoms with E-state index < -0.39 is 14.9 Å². The van der Waals surface area contributed by atoms with Gasteiger partial charge >= 0.3 is 38.2 Å². The van der Waals surface area contributed by atoms with Crippen molar-refractivity contribution in [1.29, 1.82) is 0 Å². The van der Waals surface area contributed by atoms with Crippen LogP contribution in [0, 0.1) is 0 Å². The fourth-order valence-corrected chi connectivity index (χ4v) is 0. The van der Waals surface area contributed by atoms with E-state index in [2.05, 4.69) is 23.3 Å². The van der Waals surface area contributed by atoms with Gasteiger partial charge in [0, 0.05) is 21.1 Å². The first-order chi connectivity index (χ1) is 2.00. The fourth-order valence-electron chi connectivity index (χ4n) is 0. The van der Waals surface area contributed by atoms with Crippen molar-refractivity contribution < 1.29 is 35.9 Å². The second-order valence-electron chi connectivity index (χ2n) is 0.600. The topological polar surface area (TPSA) is 0 Å². The molecule has 6 heavy (non-hydrogen) atoms. The third-order valence-electron chi connectivity index (χ3n) is 0. The van der Waals surface area contributed by atoms with Crippen LogP contribution in [0.5, 0.6) is 0 Å². The van der Waals surface area contributed by atoms with E-state index in [1.54, 1.807) is 0 Å². The minimum atomic E-state index is -2.40. The SMILES string of the molecule is [Mo].[P]#[Zr](#[P])(#[P])#[P]. The van der Waals surface area contributed by atoms with Gasteiger partial charge < -0.3 is 0 Å². The predicted molar refractivity (Wildman–Crippen MR) is 27.7 cm³/mol. The quantitative estimate of drug-likeness (QED) is 0.475. The first-order valence-corrected chi connectivity index (χ1v) is 15.9. The van der Waals surface area contributed by atoms with E-state index in [0.717, 1.165) is 0 Å². The van der Waals surface area contributed by atoms with E-state index in [1.165, 1.54) is 0 Å². The maximum absolute atomic E-state index is 3.93. The Kier molecular flexibility index (Phi) is 10.2. The van der Waals surface area contributed by atoms with Crippen molar-refractivity contribution in [3.8, 4) is 0 Å². The van der Waals surface area contributed by atoms with Crippen LogP contribution in [0.2, 0.25) is 0 Å². The third-order valence-corrected chi connectivity index (χ3v) is 0. The van der Waals surface area contributed by atoms with Gasteiger partial charge in [-0.25, -0.2) is 0 Å². The van der Waals surface area contributed by atoms with E-state index in [1.807, 2.05) is 0 Å². The summed E-state index contributed by atoms with van der Waals surface area (Å²) in [5.74, 6) is 15.7. The van der Waals surface area contributed by atoms with Crippen LogP contribution >= 0.6 is 23.3 Å². The van der Waals surface area contributed by atoms with E-state index in [9.17, 15) is 0 Å². The molecule has 0 aromatic heterocycles. The van der Waals surface area contributed by atoms with Gasteiger partial charge in [-0.3, -0.25) is 0 Å². The molecule has 0 spiro atoms. The maximum atomic E-state index is 3.93. The Labute approximate surface area is 58.4 Å². The van der Waals surface area contributed by atoms with Crippen LogP contribution in [0.3, 0.4) is 0 Å². The molecule has 0 atom stereocenters. The minimum absolute atomic E-state index is 0. The molecule has 0 aromatic carbocycles. The summed E-state index contributed by atoms with van der Waals surface area (Å²) in [6.45, 7) is 0. The Balaban J connectivity index is 0. The molecule has 0 saturated heterocycles. The zero-order valence-corrected chi connectivity index (χ0v) is 10.7. The van der Waals surface area contributed by atoms with Crippen molar-refractivity contribution >= 4 is 23.3 Å². The van der Waals surface area contributed by atoms with Gasteiger partial charge in [0.15, 0.2) is 0 Å². The van der Waals surface area contributed by atoms with Crippen LogP contribution < -0.4 is 0 Å². The molecule has 0 N–H and O–H groups in total. The van der Waals surface area contributed by atoms with Gasteiger partial charge in [-0.05, 0) is 0 Å². The summed E-state index contributed by atoms with van der Waals surface area (Å²) in [5.41, 5.74) is 0. The zero-order chi connectivity index (χ0) is 4.50. The van der Waals surface area contributed by atoms with Crippen molar-refractivity contribution in [3.05, 3.63) is 0 Å². The Hall–Kier alpha value is 3.29. The van der Waals surface area contributed by atoms with Gasteiger partial charge in [0.05, 0.1) is 0 Å². The summed E-state index contributed by atoms with van der Waals surface area (Å²) in [7, 11) is 0. The van der Waals surface area contributed by atoms with E-state index >= 15 is 0 Å². The molecule has 0 aromatic rings. The third kappa shape index (κ3) is 26.6. The molecule has 0 rings (SSSR count). The van der Waals surface area contributed by atoms with Crippen molar-refractivity contribution in [2.75, 3.05) is 0 Å². The zero-order valence-electron chi connectivity index (χ0n) is 2.70. The predicted octanol–water partition coefficient (Wildman–Crippen LogP) is 3.44. The summed E-state index contributed by atoms with van der Waals surface area (Å²) >= 11 is -2.40. The van der Waals surface area contributed by atoms with Crippen molar-refractivity contribution in [2.24, 2.45) is 0 Å². The Morgan fingerprint density at radius 3 is 0.833 bits per heavy atom. The average Bonchev–Trinajstić information content (AvgIpc) is 0.722. The van der Waals surface area contributed by atoms with Crippen LogP contribution in [-0.2, 0) is 35.9 Å². The number of hydrogen-bond donors (Lipinski definition) is 0. The van der Waals surface area contributed by atoms with Crippen molar-refractivity contribution in [3.63, 3.8) is 0 Å². The Bertz CT molecular complexity index is 452. The van der Waals surface area contributed by atoms with E-state index in [0.29, 0.717) is 0 Å². The second-order valence-corrected chi connectivity index (χ2v) is 31.9. The summed E-state index contributed by atoms with van der Waals surface area (Å²) in [6.07, 6.45) is 0. The number of hydrogen-bond acceptors (Lipinski definition) is 0. The van der Waals surface area contributed by atoms with Crippen LogP contribution in [0.25, 0.3) is 0 Å². The number of rotatable bonds is 0. The Morgan fingerprint density at radius 2 is 0.833 bits per heavy atom. The average molecular weight is 311 g/mol. The molecule has 0 heterocycles. The first kappa shape index (κ1) is 12.0. The molecule has 0 aliphatic rings. The molecule has 0 unspecified atom stereocenters. The summed E-state index contributed by atoms with van der Waals surface area (Å²) < 4.78 is 0. The van der Waals surface area contributed by atoms with Gasteiger partial charge in [-0.15, -0.1) is 0 Å². The first-order valence-electron chi connectivity index (χ1n) is 0.894. The fraction of sp³-hybridized carbons (Fsp3) is 0. The van der Waals surface area contributed by atoms with Crippen molar-refractivity contribution in [2.45, 2.75) is 0 Å². The van der Waals surface area contributed by atoms with Gasteiger partial charge in [0.1, 0.15) is 0 Å². The van der Waals surface area contributed by atoms with E-state index in [-0.39, 0.29) is 21.1 Å². The Morgan fingerprint density at radius 1 is 0.833 bits per heavy atom. The normalized spacial score (nSPS) is 11.3. The van der Waals surface area contributed by atoms with Crippen molar-refractivity contribution in [1.82, 2.24) is 0 Å². The molecule has 0 aliphatic carbocycles. The van der Waals surface area contributed by atoms with Crippen LogP contribution in [0.4, 0.5) is 0 Å². The molecule has 0 bridgehead atoms. The van der Waals surface area contributed by atoms with Gasteiger partial charge in [-0.2, -0.15) is 0 Å². The van der Waals surface area contributed by atoms with E-state index in [4.69, 9.17) is 0 Å². The van der Waals surface area contributed by atoms with Gasteiger partial charge in [-0.1, -0.05) is 0 Å². The van der Waals surface area contributed by atoms with Crippen LogP contribution in [0.15, 0.2) is 0 Å². The summed E-state index contributed by atoms with van der Waals surface area (Å²) in [4.78, 5) is 0. The molecule has 0 amide bonds. The molecule has 6 heteroatoms. The van der Waals surface area contributed by atoms with Crippen LogP contribution in [0.1, 0.15) is 0 Å².